The Labute approximate surface area is 182 Å². The Kier molecular flexibility index (Phi) is 6.16. The Bertz CT molecular complexity index is 1050. The Morgan fingerprint density at radius 2 is 1.58 bits per heavy atom. The second-order valence-electron chi connectivity index (χ2n) is 8.11. The molecule has 2 aromatic carbocycles. The highest BCUT2D eigenvalue weighted by Gasteiger charge is 2.30. The van der Waals surface area contributed by atoms with E-state index >= 15 is 0 Å². The summed E-state index contributed by atoms with van der Waals surface area (Å²) < 4.78 is 1.90. The van der Waals surface area contributed by atoms with E-state index in [2.05, 4.69) is 22.5 Å². The van der Waals surface area contributed by atoms with E-state index in [0.29, 0.717) is 38.0 Å². The lowest BCUT2D eigenvalue weighted by Gasteiger charge is -2.31. The van der Waals surface area contributed by atoms with E-state index in [1.165, 1.54) is 0 Å². The summed E-state index contributed by atoms with van der Waals surface area (Å²) in [6.45, 7) is 5.64. The molecular formula is C25H28N4O2. The maximum absolute atomic E-state index is 13.2. The molecule has 0 radical (unpaired) electrons. The van der Waals surface area contributed by atoms with Crippen molar-refractivity contribution in [2.75, 3.05) is 18.4 Å². The minimum atomic E-state index is -0.0766. The van der Waals surface area contributed by atoms with Crippen molar-refractivity contribution in [3.05, 3.63) is 83.2 Å². The average molecular weight is 417 g/mol. The Hall–Kier alpha value is -3.41. The molecule has 3 aromatic rings. The topological polar surface area (TPSA) is 67.2 Å². The van der Waals surface area contributed by atoms with E-state index in [-0.39, 0.29) is 17.7 Å². The SMILES string of the molecule is Cc1nn(Cc2ccccc2)c(C)c1C(=O)N1CCC(C(=O)Nc2ccccc2)CC1. The summed E-state index contributed by atoms with van der Waals surface area (Å²) in [6, 6.07) is 19.6. The van der Waals surface area contributed by atoms with Crippen LogP contribution < -0.4 is 5.32 Å². The predicted molar refractivity (Wildman–Crippen MR) is 121 cm³/mol. The van der Waals surface area contributed by atoms with Crippen molar-refractivity contribution in [2.24, 2.45) is 5.92 Å². The van der Waals surface area contributed by atoms with Gasteiger partial charge in [-0.2, -0.15) is 5.10 Å². The number of nitrogens with one attached hydrogen (secondary N) is 1. The number of anilines is 1. The number of nitrogens with zero attached hydrogens (tertiary/aromatic N) is 3. The van der Waals surface area contributed by atoms with E-state index in [9.17, 15) is 9.59 Å². The quantitative estimate of drug-likeness (QED) is 0.683. The average Bonchev–Trinajstić information content (AvgIpc) is 3.07. The number of likely N-dealkylation sites (tertiary alicyclic amines) is 1. The molecule has 0 saturated carbocycles. The van der Waals surface area contributed by atoms with Crippen LogP contribution in [0.2, 0.25) is 0 Å². The first kappa shape index (κ1) is 20.8. The lowest BCUT2D eigenvalue weighted by molar-refractivity contribution is -0.121. The largest absolute Gasteiger partial charge is 0.338 e. The number of hydrogen-bond acceptors (Lipinski definition) is 3. The Balaban J connectivity index is 1.39. The molecule has 2 amide bonds. The second-order valence-corrected chi connectivity index (χ2v) is 8.11. The van der Waals surface area contributed by atoms with Crippen LogP contribution in [0.15, 0.2) is 60.7 Å². The number of amides is 2. The zero-order valence-corrected chi connectivity index (χ0v) is 18.0. The van der Waals surface area contributed by atoms with Crippen LogP contribution in [0.1, 0.15) is 40.2 Å². The van der Waals surface area contributed by atoms with Crippen LogP contribution in [-0.4, -0.2) is 39.6 Å². The molecule has 4 rings (SSSR count). The van der Waals surface area contributed by atoms with Gasteiger partial charge in [-0.1, -0.05) is 48.5 Å². The number of carbonyl (C=O) groups excluding carboxylic acids is 2. The van der Waals surface area contributed by atoms with Crippen molar-refractivity contribution >= 4 is 17.5 Å². The van der Waals surface area contributed by atoms with Crippen molar-refractivity contribution in [2.45, 2.75) is 33.2 Å². The molecular weight excluding hydrogens is 388 g/mol. The number of aryl methyl sites for hydroxylation is 1. The second kappa shape index (κ2) is 9.16. The monoisotopic (exact) mass is 416 g/mol. The Morgan fingerprint density at radius 3 is 2.23 bits per heavy atom. The first-order valence-corrected chi connectivity index (χ1v) is 10.8. The van der Waals surface area contributed by atoms with Gasteiger partial charge in [0.05, 0.1) is 17.8 Å². The highest BCUT2D eigenvalue weighted by Crippen LogP contribution is 2.23. The van der Waals surface area contributed by atoms with Crippen LogP contribution in [0.5, 0.6) is 0 Å². The normalized spacial score (nSPS) is 14.5. The summed E-state index contributed by atoms with van der Waals surface area (Å²) in [5.41, 5.74) is 4.28. The van der Waals surface area contributed by atoms with Gasteiger partial charge in [-0.3, -0.25) is 14.3 Å². The van der Waals surface area contributed by atoms with Crippen molar-refractivity contribution in [1.29, 1.82) is 0 Å². The third kappa shape index (κ3) is 4.68. The summed E-state index contributed by atoms with van der Waals surface area (Å²) in [7, 11) is 0. The fraction of sp³-hybridized carbons (Fsp3) is 0.320. The smallest absolute Gasteiger partial charge is 0.257 e. The molecule has 6 nitrogen and oxygen atoms in total. The molecule has 1 fully saturated rings. The zero-order valence-electron chi connectivity index (χ0n) is 18.0. The number of aromatic nitrogens is 2. The third-order valence-corrected chi connectivity index (χ3v) is 5.96. The fourth-order valence-electron chi connectivity index (χ4n) is 4.19. The van der Waals surface area contributed by atoms with Gasteiger partial charge in [0, 0.05) is 30.4 Å². The molecule has 1 aliphatic heterocycles. The first-order valence-electron chi connectivity index (χ1n) is 10.8. The van der Waals surface area contributed by atoms with Gasteiger partial charge in [-0.15, -0.1) is 0 Å². The van der Waals surface area contributed by atoms with Crippen molar-refractivity contribution in [1.82, 2.24) is 14.7 Å². The number of benzene rings is 2. The standard InChI is InChI=1S/C25H28N4O2/c1-18-23(19(2)29(27-18)17-20-9-5-3-6-10-20)25(31)28-15-13-21(14-16-28)24(30)26-22-11-7-4-8-12-22/h3-12,21H,13-17H2,1-2H3,(H,26,30). The molecule has 0 bridgehead atoms. The molecule has 1 aliphatic rings. The van der Waals surface area contributed by atoms with E-state index in [1.54, 1.807) is 0 Å². The molecule has 31 heavy (non-hydrogen) atoms. The van der Waals surface area contributed by atoms with Gasteiger partial charge in [-0.05, 0) is 44.4 Å². The number of hydrogen-bond donors (Lipinski definition) is 1. The number of rotatable bonds is 5. The van der Waals surface area contributed by atoms with E-state index in [1.807, 2.05) is 72.0 Å². The first-order chi connectivity index (χ1) is 15.0. The number of carbonyl (C=O) groups is 2. The highest BCUT2D eigenvalue weighted by atomic mass is 16.2. The van der Waals surface area contributed by atoms with E-state index in [4.69, 9.17) is 0 Å². The van der Waals surface area contributed by atoms with E-state index < -0.39 is 0 Å². The molecule has 6 heteroatoms. The minimum Gasteiger partial charge on any atom is -0.338 e. The minimum absolute atomic E-state index is 0.0104. The molecule has 2 heterocycles. The maximum Gasteiger partial charge on any atom is 0.257 e. The van der Waals surface area contributed by atoms with Crippen molar-refractivity contribution in [3.8, 4) is 0 Å². The molecule has 1 N–H and O–H groups in total. The van der Waals surface area contributed by atoms with Crippen LogP contribution >= 0.6 is 0 Å². The third-order valence-electron chi connectivity index (χ3n) is 5.96. The van der Waals surface area contributed by atoms with Crippen LogP contribution in [0.4, 0.5) is 5.69 Å². The van der Waals surface area contributed by atoms with Gasteiger partial charge >= 0.3 is 0 Å². The molecule has 160 valence electrons. The van der Waals surface area contributed by atoms with Crippen LogP contribution in [-0.2, 0) is 11.3 Å². The molecule has 0 atom stereocenters. The van der Waals surface area contributed by atoms with Crippen LogP contribution in [0, 0.1) is 19.8 Å². The van der Waals surface area contributed by atoms with Gasteiger partial charge in [-0.25, -0.2) is 0 Å². The molecule has 1 aromatic heterocycles. The van der Waals surface area contributed by atoms with Crippen LogP contribution in [0.3, 0.4) is 0 Å². The van der Waals surface area contributed by atoms with Gasteiger partial charge in [0.1, 0.15) is 0 Å². The lowest BCUT2D eigenvalue weighted by Crippen LogP contribution is -2.41. The summed E-state index contributed by atoms with van der Waals surface area (Å²) in [4.78, 5) is 27.7. The number of piperidine rings is 1. The molecule has 0 unspecified atom stereocenters. The maximum atomic E-state index is 13.2. The summed E-state index contributed by atoms with van der Waals surface area (Å²) in [6.07, 6.45) is 1.33. The fourth-order valence-corrected chi connectivity index (χ4v) is 4.19. The molecule has 1 saturated heterocycles. The lowest BCUT2D eigenvalue weighted by atomic mass is 9.95. The van der Waals surface area contributed by atoms with Crippen molar-refractivity contribution < 1.29 is 9.59 Å². The zero-order chi connectivity index (χ0) is 21.8. The predicted octanol–water partition coefficient (Wildman–Crippen LogP) is 4.04. The van der Waals surface area contributed by atoms with Gasteiger partial charge in [0.2, 0.25) is 5.91 Å². The number of para-hydroxylation sites is 1. The Morgan fingerprint density at radius 1 is 0.968 bits per heavy atom. The summed E-state index contributed by atoms with van der Waals surface area (Å²) in [5, 5.41) is 7.59. The van der Waals surface area contributed by atoms with E-state index in [0.717, 1.165) is 22.6 Å². The van der Waals surface area contributed by atoms with Gasteiger partial charge in [0.25, 0.3) is 5.91 Å². The molecule has 0 aliphatic carbocycles. The van der Waals surface area contributed by atoms with Crippen molar-refractivity contribution in [3.63, 3.8) is 0 Å². The highest BCUT2D eigenvalue weighted by molar-refractivity contribution is 5.97. The van der Waals surface area contributed by atoms with Gasteiger partial charge in [0.15, 0.2) is 0 Å². The van der Waals surface area contributed by atoms with Gasteiger partial charge < -0.3 is 10.2 Å². The van der Waals surface area contributed by atoms with Crippen LogP contribution in [0.25, 0.3) is 0 Å². The summed E-state index contributed by atoms with van der Waals surface area (Å²) >= 11 is 0. The molecule has 0 spiro atoms. The summed E-state index contributed by atoms with van der Waals surface area (Å²) in [5.74, 6) is -0.0372.